The third kappa shape index (κ3) is 2.44. The van der Waals surface area contributed by atoms with Crippen molar-refractivity contribution in [1.82, 2.24) is 25.2 Å². The average Bonchev–Trinajstić information content (AvgIpc) is 3.25. The second-order valence-electron chi connectivity index (χ2n) is 5.20. The molecule has 0 saturated heterocycles. The molecular formula is C15H13N7OS. The quantitative estimate of drug-likeness (QED) is 0.758. The number of thiophene rings is 1. The van der Waals surface area contributed by atoms with Gasteiger partial charge in [-0.3, -0.25) is 4.79 Å². The SMILES string of the molecule is CC1=C(C(=O)Nc2ccccn2)C(c2cccs2)n2nnnc2N1. The molecule has 120 valence electrons. The number of rotatable bonds is 3. The van der Waals surface area contributed by atoms with Gasteiger partial charge in [-0.2, -0.15) is 4.68 Å². The summed E-state index contributed by atoms with van der Waals surface area (Å²) in [5.74, 6) is 0.772. The van der Waals surface area contributed by atoms with E-state index in [2.05, 4.69) is 31.1 Å². The van der Waals surface area contributed by atoms with E-state index in [1.807, 2.05) is 30.5 Å². The molecule has 9 heteroatoms. The summed E-state index contributed by atoms with van der Waals surface area (Å²) in [4.78, 5) is 18.0. The molecular weight excluding hydrogens is 326 g/mol. The van der Waals surface area contributed by atoms with Gasteiger partial charge in [-0.25, -0.2) is 4.98 Å². The summed E-state index contributed by atoms with van der Waals surface area (Å²) in [6.45, 7) is 1.84. The number of allylic oxidation sites excluding steroid dienone is 1. The van der Waals surface area contributed by atoms with Crippen LogP contribution in [0.3, 0.4) is 0 Å². The van der Waals surface area contributed by atoms with Crippen LogP contribution in [0.25, 0.3) is 0 Å². The summed E-state index contributed by atoms with van der Waals surface area (Å²) >= 11 is 1.55. The minimum absolute atomic E-state index is 0.238. The molecule has 1 unspecified atom stereocenters. The molecule has 1 aliphatic heterocycles. The molecule has 8 nitrogen and oxygen atoms in total. The lowest BCUT2D eigenvalue weighted by Crippen LogP contribution is -2.31. The number of tetrazole rings is 1. The number of nitrogens with one attached hydrogen (secondary N) is 2. The van der Waals surface area contributed by atoms with Crippen LogP contribution >= 0.6 is 11.3 Å². The van der Waals surface area contributed by atoms with Gasteiger partial charge >= 0.3 is 0 Å². The van der Waals surface area contributed by atoms with E-state index in [-0.39, 0.29) is 11.9 Å². The van der Waals surface area contributed by atoms with Crippen LogP contribution in [0.1, 0.15) is 17.8 Å². The lowest BCUT2D eigenvalue weighted by atomic mass is 10.0. The van der Waals surface area contributed by atoms with E-state index in [1.165, 1.54) is 0 Å². The summed E-state index contributed by atoms with van der Waals surface area (Å²) in [6, 6.07) is 8.89. The number of aromatic nitrogens is 5. The second kappa shape index (κ2) is 5.85. The molecule has 24 heavy (non-hydrogen) atoms. The van der Waals surface area contributed by atoms with Gasteiger partial charge in [-0.15, -0.1) is 11.3 Å². The van der Waals surface area contributed by atoms with E-state index < -0.39 is 0 Å². The van der Waals surface area contributed by atoms with Crippen molar-refractivity contribution in [3.8, 4) is 0 Å². The van der Waals surface area contributed by atoms with Gasteiger partial charge in [0.2, 0.25) is 5.95 Å². The Morgan fingerprint density at radius 2 is 2.25 bits per heavy atom. The minimum Gasteiger partial charge on any atom is -0.326 e. The van der Waals surface area contributed by atoms with E-state index in [0.29, 0.717) is 23.0 Å². The fourth-order valence-electron chi connectivity index (χ4n) is 2.64. The topological polar surface area (TPSA) is 97.6 Å². The summed E-state index contributed by atoms with van der Waals surface area (Å²) in [7, 11) is 0. The Labute approximate surface area is 141 Å². The first kappa shape index (κ1) is 14.5. The first-order valence-corrected chi connectivity index (χ1v) is 8.13. The lowest BCUT2D eigenvalue weighted by molar-refractivity contribution is -0.113. The third-order valence-electron chi connectivity index (χ3n) is 3.68. The van der Waals surface area contributed by atoms with Gasteiger partial charge < -0.3 is 10.6 Å². The first-order chi connectivity index (χ1) is 11.7. The monoisotopic (exact) mass is 339 g/mol. The predicted octanol–water partition coefficient (Wildman–Crippen LogP) is 2.06. The van der Waals surface area contributed by atoms with Gasteiger partial charge in [0.1, 0.15) is 11.9 Å². The van der Waals surface area contributed by atoms with Crippen molar-refractivity contribution < 1.29 is 4.79 Å². The van der Waals surface area contributed by atoms with Gasteiger partial charge in [0.05, 0.1) is 5.57 Å². The van der Waals surface area contributed by atoms with Crippen molar-refractivity contribution in [2.75, 3.05) is 10.6 Å². The average molecular weight is 339 g/mol. The Kier molecular flexibility index (Phi) is 3.54. The van der Waals surface area contributed by atoms with E-state index in [0.717, 1.165) is 4.88 Å². The van der Waals surface area contributed by atoms with Crippen LogP contribution in [0.4, 0.5) is 11.8 Å². The van der Waals surface area contributed by atoms with Crippen molar-refractivity contribution in [2.24, 2.45) is 0 Å². The molecule has 3 aromatic rings. The molecule has 1 amide bonds. The number of amides is 1. The maximum absolute atomic E-state index is 12.9. The molecule has 2 N–H and O–H groups in total. The highest BCUT2D eigenvalue weighted by Gasteiger charge is 2.34. The number of hydrogen-bond donors (Lipinski definition) is 2. The molecule has 1 aliphatic rings. The third-order valence-corrected chi connectivity index (χ3v) is 4.60. The summed E-state index contributed by atoms with van der Waals surface area (Å²) in [5, 5.41) is 19.6. The Bertz CT molecular complexity index is 901. The molecule has 0 aliphatic carbocycles. The van der Waals surface area contributed by atoms with Crippen molar-refractivity contribution in [1.29, 1.82) is 0 Å². The van der Waals surface area contributed by atoms with Crippen LogP contribution in [-0.4, -0.2) is 31.1 Å². The molecule has 0 aromatic carbocycles. The second-order valence-corrected chi connectivity index (χ2v) is 6.18. The summed E-state index contributed by atoms with van der Waals surface area (Å²) in [5.41, 5.74) is 1.27. The van der Waals surface area contributed by atoms with Crippen LogP contribution in [0, 0.1) is 0 Å². The zero-order valence-corrected chi connectivity index (χ0v) is 13.5. The number of carbonyl (C=O) groups is 1. The number of anilines is 2. The van der Waals surface area contributed by atoms with Crippen LogP contribution in [-0.2, 0) is 4.79 Å². The Morgan fingerprint density at radius 3 is 3.00 bits per heavy atom. The predicted molar refractivity (Wildman–Crippen MR) is 89.5 cm³/mol. The highest BCUT2D eigenvalue weighted by atomic mass is 32.1. The molecule has 0 bridgehead atoms. The molecule has 4 rings (SSSR count). The Morgan fingerprint density at radius 1 is 1.33 bits per heavy atom. The molecule has 0 spiro atoms. The highest BCUT2D eigenvalue weighted by molar-refractivity contribution is 7.10. The van der Waals surface area contributed by atoms with E-state index in [9.17, 15) is 4.79 Å². The smallest absolute Gasteiger partial charge is 0.257 e. The van der Waals surface area contributed by atoms with E-state index in [4.69, 9.17) is 0 Å². The Balaban J connectivity index is 1.75. The lowest BCUT2D eigenvalue weighted by Gasteiger charge is -2.26. The van der Waals surface area contributed by atoms with Gasteiger partial charge in [0, 0.05) is 16.8 Å². The normalized spacial score (nSPS) is 16.5. The van der Waals surface area contributed by atoms with Gasteiger partial charge in [-0.1, -0.05) is 17.2 Å². The number of carbonyl (C=O) groups excluding carboxylic acids is 1. The molecule has 1 atom stereocenters. The molecule has 0 saturated carbocycles. The van der Waals surface area contributed by atoms with Crippen molar-refractivity contribution in [3.05, 3.63) is 58.1 Å². The van der Waals surface area contributed by atoms with Crippen LogP contribution < -0.4 is 10.6 Å². The highest BCUT2D eigenvalue weighted by Crippen LogP contribution is 2.36. The number of hydrogen-bond acceptors (Lipinski definition) is 7. The van der Waals surface area contributed by atoms with Crippen LogP contribution in [0.5, 0.6) is 0 Å². The zero-order valence-electron chi connectivity index (χ0n) is 12.7. The molecule has 3 aromatic heterocycles. The minimum atomic E-state index is -0.375. The number of pyridine rings is 1. The largest absolute Gasteiger partial charge is 0.326 e. The molecule has 0 fully saturated rings. The van der Waals surface area contributed by atoms with Crippen LogP contribution in [0.15, 0.2) is 53.2 Å². The maximum atomic E-state index is 12.9. The van der Waals surface area contributed by atoms with Crippen LogP contribution in [0.2, 0.25) is 0 Å². The fourth-order valence-corrected chi connectivity index (χ4v) is 3.45. The molecule has 4 heterocycles. The maximum Gasteiger partial charge on any atom is 0.257 e. The molecule has 0 radical (unpaired) electrons. The summed E-state index contributed by atoms with van der Waals surface area (Å²) in [6.07, 6.45) is 1.63. The summed E-state index contributed by atoms with van der Waals surface area (Å²) < 4.78 is 1.62. The van der Waals surface area contributed by atoms with E-state index >= 15 is 0 Å². The fraction of sp³-hybridized carbons (Fsp3) is 0.133. The van der Waals surface area contributed by atoms with Gasteiger partial charge in [-0.05, 0) is 40.9 Å². The Hall–Kier alpha value is -3.07. The number of nitrogens with zero attached hydrogens (tertiary/aromatic N) is 5. The zero-order chi connectivity index (χ0) is 16.5. The van der Waals surface area contributed by atoms with Gasteiger partial charge in [0.25, 0.3) is 5.91 Å². The van der Waals surface area contributed by atoms with Gasteiger partial charge in [0.15, 0.2) is 0 Å². The van der Waals surface area contributed by atoms with E-state index in [1.54, 1.807) is 34.3 Å². The van der Waals surface area contributed by atoms with Crippen molar-refractivity contribution in [3.63, 3.8) is 0 Å². The standard InChI is InChI=1S/C15H13N7OS/c1-9-12(14(23)18-11-6-2-3-7-16-11)13(10-5-4-8-24-10)22-15(17-9)19-20-21-22/h2-8,13H,1H3,(H,16,18,23)(H,17,19,21). The van der Waals surface area contributed by atoms with Crippen molar-refractivity contribution in [2.45, 2.75) is 13.0 Å². The first-order valence-electron chi connectivity index (χ1n) is 7.25. The van der Waals surface area contributed by atoms with Crippen molar-refractivity contribution >= 4 is 29.0 Å². The number of fused-ring (bicyclic) bond motifs is 1.